The minimum atomic E-state index is -3.52. The Morgan fingerprint density at radius 2 is 1.84 bits per heavy atom. The van der Waals surface area contributed by atoms with E-state index >= 15 is 0 Å². The van der Waals surface area contributed by atoms with E-state index in [1.807, 2.05) is 0 Å². The normalized spacial score (nSPS) is 17.1. The molecule has 19 heavy (non-hydrogen) atoms. The Morgan fingerprint density at radius 1 is 1.26 bits per heavy atom. The van der Waals surface area contributed by atoms with Crippen molar-refractivity contribution < 1.29 is 23.4 Å². The van der Waals surface area contributed by atoms with Crippen LogP contribution in [0.25, 0.3) is 0 Å². The van der Waals surface area contributed by atoms with Gasteiger partial charge in [0.15, 0.2) is 0 Å². The van der Waals surface area contributed by atoms with Gasteiger partial charge in [-0.25, -0.2) is 8.42 Å². The van der Waals surface area contributed by atoms with Gasteiger partial charge in [0, 0.05) is 25.6 Å². The fourth-order valence-electron chi connectivity index (χ4n) is 1.94. The highest BCUT2D eigenvalue weighted by Crippen LogP contribution is 2.24. The van der Waals surface area contributed by atoms with Gasteiger partial charge in [0.05, 0.1) is 11.3 Å². The largest absolute Gasteiger partial charge is 0.481 e. The molecule has 7 heteroatoms. The smallest absolute Gasteiger partial charge is 0.307 e. The molecule has 1 heterocycles. The monoisotopic (exact) mass is 285 g/mol. The lowest BCUT2D eigenvalue weighted by molar-refractivity contribution is -0.136. The summed E-state index contributed by atoms with van der Waals surface area (Å²) in [5.74, 6) is -0.940. The molecule has 1 aliphatic rings. The molecule has 0 spiro atoms. The first kappa shape index (κ1) is 14.0. The van der Waals surface area contributed by atoms with Crippen LogP contribution < -0.4 is 0 Å². The van der Waals surface area contributed by atoms with E-state index in [0.29, 0.717) is 18.7 Å². The molecule has 0 saturated carbocycles. The van der Waals surface area contributed by atoms with Gasteiger partial charge in [-0.3, -0.25) is 4.79 Å². The third kappa shape index (κ3) is 2.94. The number of hydrogen-bond acceptors (Lipinski definition) is 4. The summed E-state index contributed by atoms with van der Waals surface area (Å²) in [6, 6.07) is 5.84. The minimum Gasteiger partial charge on any atom is -0.481 e. The summed E-state index contributed by atoms with van der Waals surface area (Å²) in [5, 5.41) is 17.5. The summed E-state index contributed by atoms with van der Waals surface area (Å²) in [5.41, 5.74) is 0.559. The van der Waals surface area contributed by atoms with E-state index in [1.54, 1.807) is 0 Å². The van der Waals surface area contributed by atoms with Crippen molar-refractivity contribution >= 4 is 16.0 Å². The van der Waals surface area contributed by atoms with E-state index in [9.17, 15) is 13.2 Å². The van der Waals surface area contributed by atoms with Crippen LogP contribution in [0.2, 0.25) is 0 Å². The Bertz CT molecular complexity index is 560. The van der Waals surface area contributed by atoms with Crippen molar-refractivity contribution in [2.45, 2.75) is 11.3 Å². The number of benzene rings is 1. The number of nitrogens with zero attached hydrogens (tertiary/aromatic N) is 1. The lowest BCUT2D eigenvalue weighted by Crippen LogP contribution is -2.51. The molecule has 0 bridgehead atoms. The second kappa shape index (κ2) is 5.28. The minimum absolute atomic E-state index is 0.0103. The lowest BCUT2D eigenvalue weighted by Gasteiger charge is -2.36. The molecule has 0 unspecified atom stereocenters. The molecular formula is C12H15NO5S. The third-order valence-corrected chi connectivity index (χ3v) is 4.94. The number of aliphatic carboxylic acids is 1. The molecule has 0 radical (unpaired) electrons. The Labute approximate surface area is 111 Å². The molecule has 1 aromatic carbocycles. The van der Waals surface area contributed by atoms with Crippen LogP contribution in [0.1, 0.15) is 5.56 Å². The molecule has 2 rings (SSSR count). The summed E-state index contributed by atoms with van der Waals surface area (Å²) < 4.78 is 25.6. The number of aliphatic hydroxyl groups is 1. The summed E-state index contributed by atoms with van der Waals surface area (Å²) in [6.45, 7) is 0.648. The zero-order chi connectivity index (χ0) is 14.0. The van der Waals surface area contributed by atoms with E-state index < -0.39 is 16.0 Å². The molecule has 104 valence electrons. The maximum absolute atomic E-state index is 12.1. The van der Waals surface area contributed by atoms with Gasteiger partial charge in [-0.1, -0.05) is 12.1 Å². The van der Waals surface area contributed by atoms with Crippen LogP contribution in [-0.2, 0) is 21.2 Å². The topological polar surface area (TPSA) is 94.9 Å². The van der Waals surface area contributed by atoms with Gasteiger partial charge in [0.1, 0.15) is 0 Å². The van der Waals surface area contributed by atoms with Crippen molar-refractivity contribution in [2.75, 3.05) is 19.7 Å². The number of carbonyl (C=O) groups is 1. The van der Waals surface area contributed by atoms with Crippen molar-refractivity contribution in [3.63, 3.8) is 0 Å². The SMILES string of the molecule is O=C(O)Cc1ccc(S(=O)(=O)N2CC(CO)C2)cc1. The Balaban J connectivity index is 2.11. The first-order valence-electron chi connectivity index (χ1n) is 5.85. The fourth-order valence-corrected chi connectivity index (χ4v) is 3.53. The van der Waals surface area contributed by atoms with Gasteiger partial charge < -0.3 is 10.2 Å². The molecule has 2 N–H and O–H groups in total. The zero-order valence-electron chi connectivity index (χ0n) is 10.2. The molecular weight excluding hydrogens is 270 g/mol. The molecule has 1 aromatic rings. The summed E-state index contributed by atoms with van der Waals surface area (Å²) in [4.78, 5) is 10.7. The summed E-state index contributed by atoms with van der Waals surface area (Å²) in [7, 11) is -3.52. The van der Waals surface area contributed by atoms with E-state index in [-0.39, 0.29) is 23.8 Å². The third-order valence-electron chi connectivity index (χ3n) is 3.10. The maximum atomic E-state index is 12.1. The van der Waals surface area contributed by atoms with Gasteiger partial charge in [-0.2, -0.15) is 4.31 Å². The molecule has 1 aliphatic heterocycles. The molecule has 0 amide bonds. The molecule has 0 aromatic heterocycles. The first-order valence-corrected chi connectivity index (χ1v) is 7.29. The van der Waals surface area contributed by atoms with Crippen molar-refractivity contribution in [3.8, 4) is 0 Å². The van der Waals surface area contributed by atoms with Gasteiger partial charge in [-0.05, 0) is 17.7 Å². The molecule has 6 nitrogen and oxygen atoms in total. The van der Waals surface area contributed by atoms with Crippen LogP contribution in [0.4, 0.5) is 0 Å². The number of carboxylic acid groups (broad SMARTS) is 1. The average molecular weight is 285 g/mol. The molecule has 0 atom stereocenters. The van der Waals surface area contributed by atoms with Crippen LogP contribution in [0, 0.1) is 5.92 Å². The molecule has 0 aliphatic carbocycles. The number of carboxylic acids is 1. The van der Waals surface area contributed by atoms with E-state index in [1.165, 1.54) is 28.6 Å². The zero-order valence-corrected chi connectivity index (χ0v) is 11.0. The summed E-state index contributed by atoms with van der Waals surface area (Å²) >= 11 is 0. The van der Waals surface area contributed by atoms with Crippen LogP contribution in [0.15, 0.2) is 29.2 Å². The van der Waals surface area contributed by atoms with Crippen molar-refractivity contribution in [1.29, 1.82) is 0 Å². The average Bonchev–Trinajstić information content (AvgIpc) is 2.27. The van der Waals surface area contributed by atoms with Gasteiger partial charge >= 0.3 is 5.97 Å². The lowest BCUT2D eigenvalue weighted by atomic mass is 10.1. The van der Waals surface area contributed by atoms with Gasteiger partial charge in [0.25, 0.3) is 0 Å². The Kier molecular flexibility index (Phi) is 3.88. The Morgan fingerprint density at radius 3 is 2.32 bits per heavy atom. The van der Waals surface area contributed by atoms with Crippen LogP contribution in [0.3, 0.4) is 0 Å². The predicted molar refractivity (Wildman–Crippen MR) is 67.1 cm³/mol. The second-order valence-electron chi connectivity index (χ2n) is 4.59. The number of rotatable bonds is 5. The summed E-state index contributed by atoms with van der Waals surface area (Å²) in [6.07, 6.45) is -0.128. The Hall–Kier alpha value is -1.44. The highest BCUT2D eigenvalue weighted by atomic mass is 32.2. The fraction of sp³-hybridized carbons (Fsp3) is 0.417. The van der Waals surface area contributed by atoms with Gasteiger partial charge in [0.2, 0.25) is 10.0 Å². The van der Waals surface area contributed by atoms with E-state index in [4.69, 9.17) is 10.2 Å². The first-order chi connectivity index (χ1) is 8.93. The second-order valence-corrected chi connectivity index (χ2v) is 6.52. The van der Waals surface area contributed by atoms with Crippen LogP contribution >= 0.6 is 0 Å². The quantitative estimate of drug-likeness (QED) is 0.789. The van der Waals surface area contributed by atoms with E-state index in [2.05, 4.69) is 0 Å². The number of hydrogen-bond donors (Lipinski definition) is 2. The highest BCUT2D eigenvalue weighted by molar-refractivity contribution is 7.89. The maximum Gasteiger partial charge on any atom is 0.307 e. The highest BCUT2D eigenvalue weighted by Gasteiger charge is 2.36. The van der Waals surface area contributed by atoms with Crippen LogP contribution in [0.5, 0.6) is 0 Å². The number of aliphatic hydroxyl groups excluding tert-OH is 1. The standard InChI is InChI=1S/C12H15NO5S/c14-8-10-6-13(7-10)19(17,18)11-3-1-9(2-4-11)5-12(15)16/h1-4,10,14H,5-8H2,(H,15,16). The molecule has 1 saturated heterocycles. The van der Waals surface area contributed by atoms with Gasteiger partial charge in [-0.15, -0.1) is 0 Å². The van der Waals surface area contributed by atoms with Crippen molar-refractivity contribution in [3.05, 3.63) is 29.8 Å². The van der Waals surface area contributed by atoms with Crippen LogP contribution in [-0.4, -0.2) is 48.6 Å². The number of sulfonamides is 1. The molecule has 1 fully saturated rings. The van der Waals surface area contributed by atoms with Crippen molar-refractivity contribution in [1.82, 2.24) is 4.31 Å². The van der Waals surface area contributed by atoms with Crippen molar-refractivity contribution in [2.24, 2.45) is 5.92 Å². The van der Waals surface area contributed by atoms with E-state index in [0.717, 1.165) is 0 Å². The predicted octanol–water partition coefficient (Wildman–Crippen LogP) is -0.0735.